The van der Waals surface area contributed by atoms with Crippen LogP contribution in [-0.4, -0.2) is 17.8 Å². The van der Waals surface area contributed by atoms with Crippen LogP contribution in [0.3, 0.4) is 0 Å². The number of unbranched alkanes of at least 4 members (excludes halogenated alkanes) is 10. The molecule has 0 heterocycles. The van der Waals surface area contributed by atoms with E-state index in [1.54, 1.807) is 0 Å². The van der Waals surface area contributed by atoms with Crippen LogP contribution in [-0.2, 0) is 9.59 Å². The fraction of sp³-hybridized carbons (Fsp3) is 0.562. The first kappa shape index (κ1) is 29.4. The molecule has 35 heavy (non-hydrogen) atoms. The van der Waals surface area contributed by atoms with Crippen LogP contribution in [0.4, 0.5) is 0 Å². The molecule has 0 saturated heterocycles. The maximum atomic E-state index is 12.8. The van der Waals surface area contributed by atoms with Gasteiger partial charge in [-0.3, -0.25) is 9.59 Å². The van der Waals surface area contributed by atoms with Gasteiger partial charge >= 0.3 is 0 Å². The van der Waals surface area contributed by atoms with Gasteiger partial charge in [-0.25, -0.2) is 0 Å². The summed E-state index contributed by atoms with van der Waals surface area (Å²) in [6, 6.07) is 0. The molecule has 2 aliphatic carbocycles. The van der Waals surface area contributed by atoms with Crippen molar-refractivity contribution in [2.45, 2.75) is 111 Å². The van der Waals surface area contributed by atoms with Gasteiger partial charge in [0.25, 0.3) is 0 Å². The molecule has 0 aromatic carbocycles. The Morgan fingerprint density at radius 1 is 0.629 bits per heavy atom. The van der Waals surface area contributed by atoms with Crippen molar-refractivity contribution in [2.24, 2.45) is 0 Å². The Kier molecular flexibility index (Phi) is 14.0. The summed E-state index contributed by atoms with van der Waals surface area (Å²) in [6.07, 6.45) is 30.8. The van der Waals surface area contributed by atoms with Gasteiger partial charge < -0.3 is 0 Å². The van der Waals surface area contributed by atoms with Gasteiger partial charge in [0.2, 0.25) is 0 Å². The summed E-state index contributed by atoms with van der Waals surface area (Å²) in [5.41, 5.74) is 4.82. The molecule has 2 aliphatic rings. The maximum Gasteiger partial charge on any atom is 0.195 e. The number of Topliss-reactive ketones (excluding diaryl/α,β-unsaturated/α-hetero) is 2. The van der Waals surface area contributed by atoms with Gasteiger partial charge in [0.15, 0.2) is 11.6 Å². The molecule has 0 radical (unpaired) electrons. The molecular formula is C32H46O2S. The van der Waals surface area contributed by atoms with Gasteiger partial charge in [-0.2, -0.15) is 0 Å². The fourth-order valence-electron chi connectivity index (χ4n) is 4.66. The number of carbonyl (C=O) groups is 2. The second kappa shape index (κ2) is 16.7. The normalized spacial score (nSPS) is 18.6. The van der Waals surface area contributed by atoms with Crippen LogP contribution in [0, 0.1) is 0 Å². The summed E-state index contributed by atoms with van der Waals surface area (Å²) >= 11 is 1.53. The number of rotatable bonds is 16. The van der Waals surface area contributed by atoms with Crippen LogP contribution in [0.25, 0.3) is 0 Å². The smallest absolute Gasteiger partial charge is 0.195 e. The van der Waals surface area contributed by atoms with Gasteiger partial charge in [-0.1, -0.05) is 90.2 Å². The highest BCUT2D eigenvalue weighted by Crippen LogP contribution is 2.29. The van der Waals surface area contributed by atoms with Crippen LogP contribution in [0.5, 0.6) is 0 Å². The third kappa shape index (κ3) is 10.3. The highest BCUT2D eigenvalue weighted by Gasteiger charge is 2.19. The molecule has 0 aliphatic heterocycles. The van der Waals surface area contributed by atoms with Crippen molar-refractivity contribution >= 4 is 23.3 Å². The van der Waals surface area contributed by atoms with Crippen LogP contribution in [0.2, 0.25) is 0 Å². The third-order valence-corrected chi connectivity index (χ3v) is 7.56. The molecule has 0 aromatic rings. The van der Waals surface area contributed by atoms with E-state index < -0.39 is 0 Å². The second-order valence-electron chi connectivity index (χ2n) is 9.91. The Labute approximate surface area is 218 Å². The lowest BCUT2D eigenvalue weighted by Crippen LogP contribution is -2.09. The molecule has 0 bridgehead atoms. The van der Waals surface area contributed by atoms with Gasteiger partial charge in [0, 0.05) is 11.1 Å². The zero-order valence-corrected chi connectivity index (χ0v) is 23.4. The third-order valence-electron chi connectivity index (χ3n) is 6.82. The fourth-order valence-corrected chi connectivity index (χ4v) is 5.23. The first-order valence-electron chi connectivity index (χ1n) is 13.9. The molecule has 0 saturated carbocycles. The minimum atomic E-state index is 0.191. The molecule has 3 heteroatoms. The highest BCUT2D eigenvalue weighted by molar-refractivity contribution is 8.03. The van der Waals surface area contributed by atoms with E-state index in [9.17, 15) is 9.59 Å². The van der Waals surface area contributed by atoms with Crippen LogP contribution >= 0.6 is 11.8 Å². The van der Waals surface area contributed by atoms with Crippen molar-refractivity contribution < 1.29 is 9.59 Å². The van der Waals surface area contributed by atoms with Crippen LogP contribution in [0.1, 0.15) is 111 Å². The van der Waals surface area contributed by atoms with Crippen LogP contribution < -0.4 is 0 Å². The summed E-state index contributed by atoms with van der Waals surface area (Å²) in [5.74, 6) is 0.383. The Morgan fingerprint density at radius 3 is 1.60 bits per heavy atom. The molecule has 0 aromatic heterocycles. The van der Waals surface area contributed by atoms with Gasteiger partial charge in [-0.15, -0.1) is 11.8 Å². The number of allylic oxidation sites excluding steroid dienone is 12. The Morgan fingerprint density at radius 2 is 1.09 bits per heavy atom. The first-order valence-corrected chi connectivity index (χ1v) is 15.1. The van der Waals surface area contributed by atoms with Crippen molar-refractivity contribution in [1.82, 2.24) is 0 Å². The van der Waals surface area contributed by atoms with Crippen molar-refractivity contribution in [3.8, 4) is 0 Å². The average molecular weight is 495 g/mol. The zero-order chi connectivity index (χ0) is 25.5. The lowest BCUT2D eigenvalue weighted by molar-refractivity contribution is -0.113. The second-order valence-corrected chi connectivity index (χ2v) is 10.8. The van der Waals surface area contributed by atoms with Gasteiger partial charge in [-0.05, 0) is 79.9 Å². The largest absolute Gasteiger partial charge is 0.289 e. The number of hydrogen-bond acceptors (Lipinski definition) is 3. The van der Waals surface area contributed by atoms with E-state index in [0.717, 1.165) is 58.5 Å². The zero-order valence-electron chi connectivity index (χ0n) is 22.6. The Bertz CT molecular complexity index is 908. The topological polar surface area (TPSA) is 34.1 Å². The van der Waals surface area contributed by atoms with Crippen molar-refractivity contribution in [3.05, 3.63) is 69.2 Å². The summed E-state index contributed by atoms with van der Waals surface area (Å²) in [6.45, 7) is 6.39. The summed E-state index contributed by atoms with van der Waals surface area (Å²) < 4.78 is 0. The monoisotopic (exact) mass is 494 g/mol. The van der Waals surface area contributed by atoms with Gasteiger partial charge in [0.1, 0.15) is 0 Å². The van der Waals surface area contributed by atoms with Crippen molar-refractivity contribution in [3.63, 3.8) is 0 Å². The molecule has 2 rings (SSSR count). The summed E-state index contributed by atoms with van der Waals surface area (Å²) in [5, 5.41) is 0. The van der Waals surface area contributed by atoms with E-state index in [-0.39, 0.29) is 11.6 Å². The summed E-state index contributed by atoms with van der Waals surface area (Å²) in [7, 11) is 0. The van der Waals surface area contributed by atoms with Crippen molar-refractivity contribution in [1.29, 1.82) is 0 Å². The maximum absolute atomic E-state index is 12.8. The average Bonchev–Trinajstić information content (AvgIpc) is 2.86. The Balaban J connectivity index is 2.06. The number of ketones is 2. The lowest BCUT2D eigenvalue weighted by Gasteiger charge is -2.15. The van der Waals surface area contributed by atoms with E-state index >= 15 is 0 Å². The van der Waals surface area contributed by atoms with Crippen LogP contribution in [0.15, 0.2) is 69.2 Å². The molecule has 192 valence electrons. The lowest BCUT2D eigenvalue weighted by atomic mass is 9.90. The quantitative estimate of drug-likeness (QED) is 0.200. The molecule has 0 unspecified atom stereocenters. The minimum Gasteiger partial charge on any atom is -0.289 e. The number of thioether (sulfide) groups is 1. The molecule has 0 spiro atoms. The Hall–Kier alpha value is -1.87. The van der Waals surface area contributed by atoms with Gasteiger partial charge in [0.05, 0.1) is 4.91 Å². The standard InChI is InChI=1S/C32H46O2S/c1-5-7-9-11-13-15-17-28-22-26(21-25(3)31(28)33)19-20-27-23-29(32(34)30(24-27)35-4)18-16-14-12-10-8-6-2/h19-24H,5-18H2,1-4H3/b26-19+,27-20+. The highest BCUT2D eigenvalue weighted by atomic mass is 32.2. The SMILES string of the molecule is CCCCCCCCC1=C/C(=C/C=C2\C=C(CCCCCCCC)C(=O)C(SC)=C2)C=C(C)C1=O. The molecule has 0 N–H and O–H groups in total. The van der Waals surface area contributed by atoms with E-state index in [4.69, 9.17) is 0 Å². The summed E-state index contributed by atoms with van der Waals surface area (Å²) in [4.78, 5) is 26.3. The van der Waals surface area contributed by atoms with E-state index in [0.29, 0.717) is 0 Å². The predicted octanol–water partition coefficient (Wildman–Crippen LogP) is 9.55. The molecule has 0 atom stereocenters. The predicted molar refractivity (Wildman–Crippen MR) is 154 cm³/mol. The van der Waals surface area contributed by atoms with Crippen molar-refractivity contribution in [2.75, 3.05) is 6.26 Å². The van der Waals surface area contributed by atoms with E-state index in [1.807, 2.05) is 25.3 Å². The van der Waals surface area contributed by atoms with E-state index in [1.165, 1.54) is 76.0 Å². The molecule has 0 amide bonds. The molecular weight excluding hydrogens is 448 g/mol. The number of hydrogen-bond donors (Lipinski definition) is 0. The first-order chi connectivity index (χ1) is 17.0. The molecule has 2 nitrogen and oxygen atoms in total. The number of carbonyl (C=O) groups excluding carboxylic acids is 2. The minimum absolute atomic E-state index is 0.191. The van der Waals surface area contributed by atoms with E-state index in [2.05, 4.69) is 38.2 Å². The molecule has 0 fully saturated rings.